The standard InChI is InChI=1S/C14H12BrN3O3/c1-8-10(3-2-4-12(8)16)14(19)17-13-7-9(18(20)21)5-6-11(13)15/h2-7H,16H2,1H3,(H,17,19). The van der Waals surface area contributed by atoms with E-state index in [0.29, 0.717) is 27.0 Å². The van der Waals surface area contributed by atoms with E-state index in [0.717, 1.165) is 0 Å². The Kier molecular flexibility index (Phi) is 4.23. The monoisotopic (exact) mass is 349 g/mol. The van der Waals surface area contributed by atoms with Crippen LogP contribution in [0.2, 0.25) is 0 Å². The van der Waals surface area contributed by atoms with Crippen LogP contribution in [-0.2, 0) is 0 Å². The normalized spacial score (nSPS) is 10.2. The van der Waals surface area contributed by atoms with E-state index in [1.165, 1.54) is 18.2 Å². The Bertz CT molecular complexity index is 731. The minimum atomic E-state index is -0.520. The van der Waals surface area contributed by atoms with Gasteiger partial charge in [-0.15, -0.1) is 0 Å². The SMILES string of the molecule is Cc1c(N)cccc1C(=O)Nc1cc([N+](=O)[O-])ccc1Br. The highest BCUT2D eigenvalue weighted by Crippen LogP contribution is 2.28. The number of nitro benzene ring substituents is 1. The van der Waals surface area contributed by atoms with Crippen LogP contribution in [0.4, 0.5) is 17.1 Å². The fraction of sp³-hybridized carbons (Fsp3) is 0.0714. The topological polar surface area (TPSA) is 98.3 Å². The summed E-state index contributed by atoms with van der Waals surface area (Å²) in [5.41, 5.74) is 7.60. The Morgan fingerprint density at radius 3 is 2.71 bits per heavy atom. The summed E-state index contributed by atoms with van der Waals surface area (Å²) in [6.07, 6.45) is 0. The lowest BCUT2D eigenvalue weighted by Gasteiger charge is -2.10. The first-order valence-electron chi connectivity index (χ1n) is 6.00. The average Bonchev–Trinajstić information content (AvgIpc) is 2.43. The molecule has 0 aromatic heterocycles. The molecule has 0 heterocycles. The van der Waals surface area contributed by atoms with Gasteiger partial charge in [-0.3, -0.25) is 14.9 Å². The third-order valence-electron chi connectivity index (χ3n) is 3.03. The van der Waals surface area contributed by atoms with E-state index in [9.17, 15) is 14.9 Å². The largest absolute Gasteiger partial charge is 0.398 e. The number of benzene rings is 2. The summed E-state index contributed by atoms with van der Waals surface area (Å²) in [6, 6.07) is 9.19. The molecule has 0 spiro atoms. The zero-order valence-electron chi connectivity index (χ0n) is 11.1. The van der Waals surface area contributed by atoms with Crippen molar-refractivity contribution in [3.05, 3.63) is 62.1 Å². The van der Waals surface area contributed by atoms with Gasteiger partial charge < -0.3 is 11.1 Å². The minimum Gasteiger partial charge on any atom is -0.398 e. The summed E-state index contributed by atoms with van der Waals surface area (Å²) in [5.74, 6) is -0.374. The molecule has 21 heavy (non-hydrogen) atoms. The molecule has 0 aliphatic rings. The molecule has 0 saturated carbocycles. The van der Waals surface area contributed by atoms with Crippen LogP contribution in [0.15, 0.2) is 40.9 Å². The number of nitrogen functional groups attached to an aromatic ring is 1. The molecule has 2 aromatic carbocycles. The number of nitrogens with zero attached hydrogens (tertiary/aromatic N) is 1. The van der Waals surface area contributed by atoms with Crippen molar-refractivity contribution < 1.29 is 9.72 Å². The maximum Gasteiger partial charge on any atom is 0.271 e. The lowest BCUT2D eigenvalue weighted by molar-refractivity contribution is -0.384. The highest BCUT2D eigenvalue weighted by molar-refractivity contribution is 9.10. The summed E-state index contributed by atoms with van der Waals surface area (Å²) in [7, 11) is 0. The highest BCUT2D eigenvalue weighted by atomic mass is 79.9. The first-order valence-corrected chi connectivity index (χ1v) is 6.80. The molecule has 2 rings (SSSR count). The Balaban J connectivity index is 2.33. The molecule has 6 nitrogen and oxygen atoms in total. The molecule has 1 amide bonds. The molecule has 108 valence electrons. The second kappa shape index (κ2) is 5.92. The molecular formula is C14H12BrN3O3. The van der Waals surface area contributed by atoms with Crippen LogP contribution < -0.4 is 11.1 Å². The Hall–Kier alpha value is -2.41. The first-order chi connectivity index (χ1) is 9.90. The van der Waals surface area contributed by atoms with Gasteiger partial charge in [-0.25, -0.2) is 0 Å². The number of anilines is 2. The van der Waals surface area contributed by atoms with Crippen molar-refractivity contribution in [1.82, 2.24) is 0 Å². The van der Waals surface area contributed by atoms with Crippen molar-refractivity contribution in [3.63, 3.8) is 0 Å². The Labute approximate surface area is 129 Å². The number of rotatable bonds is 3. The van der Waals surface area contributed by atoms with E-state index in [1.807, 2.05) is 0 Å². The van der Waals surface area contributed by atoms with Crippen LogP contribution in [0.1, 0.15) is 15.9 Å². The number of hydrogen-bond donors (Lipinski definition) is 2. The van der Waals surface area contributed by atoms with E-state index in [-0.39, 0.29) is 11.6 Å². The number of nitrogens with two attached hydrogens (primary N) is 1. The Morgan fingerprint density at radius 2 is 2.05 bits per heavy atom. The summed E-state index contributed by atoms with van der Waals surface area (Å²) in [6.45, 7) is 1.74. The van der Waals surface area contributed by atoms with Gasteiger partial charge in [-0.1, -0.05) is 6.07 Å². The van der Waals surface area contributed by atoms with Crippen molar-refractivity contribution in [1.29, 1.82) is 0 Å². The maximum atomic E-state index is 12.3. The number of nitro groups is 1. The van der Waals surface area contributed by atoms with Crippen LogP contribution in [-0.4, -0.2) is 10.8 Å². The zero-order chi connectivity index (χ0) is 15.6. The maximum absolute atomic E-state index is 12.3. The molecular weight excluding hydrogens is 338 g/mol. The number of non-ortho nitro benzene ring substituents is 1. The van der Waals surface area contributed by atoms with E-state index < -0.39 is 4.92 Å². The van der Waals surface area contributed by atoms with Crippen LogP contribution in [0.5, 0.6) is 0 Å². The molecule has 0 atom stereocenters. The van der Waals surface area contributed by atoms with Gasteiger partial charge in [0.05, 0.1) is 10.6 Å². The highest BCUT2D eigenvalue weighted by Gasteiger charge is 2.15. The van der Waals surface area contributed by atoms with E-state index >= 15 is 0 Å². The van der Waals surface area contributed by atoms with E-state index in [1.54, 1.807) is 25.1 Å². The molecule has 2 aromatic rings. The van der Waals surface area contributed by atoms with Crippen molar-refractivity contribution >= 4 is 38.9 Å². The molecule has 0 unspecified atom stereocenters. The van der Waals surface area contributed by atoms with Crippen molar-refractivity contribution in [3.8, 4) is 0 Å². The molecule has 0 aliphatic heterocycles. The molecule has 0 fully saturated rings. The lowest BCUT2D eigenvalue weighted by Crippen LogP contribution is -2.14. The number of amides is 1. The number of hydrogen-bond acceptors (Lipinski definition) is 4. The minimum absolute atomic E-state index is 0.0993. The van der Waals surface area contributed by atoms with E-state index in [4.69, 9.17) is 5.73 Å². The van der Waals surface area contributed by atoms with Gasteiger partial charge in [0, 0.05) is 27.9 Å². The second-order valence-electron chi connectivity index (χ2n) is 4.40. The zero-order valence-corrected chi connectivity index (χ0v) is 12.7. The number of carbonyl (C=O) groups is 1. The predicted molar refractivity (Wildman–Crippen MR) is 84.3 cm³/mol. The van der Waals surface area contributed by atoms with Crippen LogP contribution in [0.3, 0.4) is 0 Å². The lowest BCUT2D eigenvalue weighted by atomic mass is 10.1. The molecule has 0 radical (unpaired) electrons. The quantitative estimate of drug-likeness (QED) is 0.503. The third kappa shape index (κ3) is 3.19. The number of halogens is 1. The fourth-order valence-electron chi connectivity index (χ4n) is 1.81. The van der Waals surface area contributed by atoms with Gasteiger partial charge in [0.1, 0.15) is 0 Å². The average molecular weight is 350 g/mol. The van der Waals surface area contributed by atoms with Crippen LogP contribution in [0, 0.1) is 17.0 Å². The third-order valence-corrected chi connectivity index (χ3v) is 3.72. The Morgan fingerprint density at radius 1 is 1.33 bits per heavy atom. The summed E-state index contributed by atoms with van der Waals surface area (Å²) in [5, 5.41) is 13.4. The number of nitrogens with one attached hydrogen (secondary N) is 1. The molecule has 3 N–H and O–H groups in total. The van der Waals surface area contributed by atoms with Crippen molar-refractivity contribution in [2.75, 3.05) is 11.1 Å². The predicted octanol–water partition coefficient (Wildman–Crippen LogP) is 3.50. The van der Waals surface area contributed by atoms with Crippen molar-refractivity contribution in [2.24, 2.45) is 0 Å². The first kappa shape index (κ1) is 15.0. The molecule has 0 aliphatic carbocycles. The van der Waals surface area contributed by atoms with Gasteiger partial charge in [0.25, 0.3) is 11.6 Å². The van der Waals surface area contributed by atoms with Gasteiger partial charge in [0.15, 0.2) is 0 Å². The summed E-state index contributed by atoms with van der Waals surface area (Å²) in [4.78, 5) is 22.5. The number of carbonyl (C=O) groups excluding carboxylic acids is 1. The second-order valence-corrected chi connectivity index (χ2v) is 5.25. The molecule has 0 bridgehead atoms. The fourth-order valence-corrected chi connectivity index (χ4v) is 2.16. The van der Waals surface area contributed by atoms with Crippen LogP contribution in [0.25, 0.3) is 0 Å². The summed E-state index contributed by atoms with van der Waals surface area (Å²) < 4.78 is 0.558. The van der Waals surface area contributed by atoms with Gasteiger partial charge in [-0.2, -0.15) is 0 Å². The summed E-state index contributed by atoms with van der Waals surface area (Å²) >= 11 is 3.25. The smallest absolute Gasteiger partial charge is 0.271 e. The van der Waals surface area contributed by atoms with Gasteiger partial charge in [-0.05, 0) is 46.6 Å². The van der Waals surface area contributed by atoms with Gasteiger partial charge >= 0.3 is 0 Å². The van der Waals surface area contributed by atoms with Gasteiger partial charge in [0.2, 0.25) is 0 Å². The van der Waals surface area contributed by atoms with Crippen molar-refractivity contribution in [2.45, 2.75) is 6.92 Å². The molecule has 0 saturated heterocycles. The van der Waals surface area contributed by atoms with Crippen LogP contribution >= 0.6 is 15.9 Å². The van der Waals surface area contributed by atoms with E-state index in [2.05, 4.69) is 21.2 Å². The molecule has 7 heteroatoms.